The van der Waals surface area contributed by atoms with Gasteiger partial charge in [0.05, 0.1) is 0 Å². The first-order chi connectivity index (χ1) is 6.91. The Labute approximate surface area is 99.4 Å². The van der Waals surface area contributed by atoms with E-state index in [0.29, 0.717) is 5.33 Å². The van der Waals surface area contributed by atoms with Crippen LogP contribution in [0.15, 0.2) is 16.9 Å². The van der Waals surface area contributed by atoms with E-state index in [4.69, 9.17) is 0 Å². The molecule has 15 heavy (non-hydrogen) atoms. The number of rotatable bonds is 2. The molecule has 0 aliphatic rings. The molecule has 0 radical (unpaired) electrons. The Morgan fingerprint density at radius 3 is 2.33 bits per heavy atom. The van der Waals surface area contributed by atoms with E-state index in [0.717, 1.165) is 17.8 Å². The molecule has 0 spiro atoms. The second kappa shape index (κ2) is 4.52. The van der Waals surface area contributed by atoms with Gasteiger partial charge in [0.2, 0.25) is 0 Å². The maximum absolute atomic E-state index is 12.0. The molecule has 0 aliphatic heterocycles. The van der Waals surface area contributed by atoms with Crippen LogP contribution in [0.2, 0.25) is 0 Å². The standard InChI is InChI=1S/C12H18BrNO/c1-5-14-10(12(2,3)4)7-6-9(8-13)11(14)15/h6-7H,5,8H2,1-4H3. The van der Waals surface area contributed by atoms with Gasteiger partial charge in [0.25, 0.3) is 5.56 Å². The Morgan fingerprint density at radius 1 is 1.33 bits per heavy atom. The van der Waals surface area contributed by atoms with Gasteiger partial charge in [-0.15, -0.1) is 0 Å². The maximum Gasteiger partial charge on any atom is 0.254 e. The molecule has 0 fully saturated rings. The summed E-state index contributed by atoms with van der Waals surface area (Å²) < 4.78 is 1.86. The zero-order valence-electron chi connectivity index (χ0n) is 9.80. The van der Waals surface area contributed by atoms with Crippen LogP contribution in [-0.4, -0.2) is 4.57 Å². The van der Waals surface area contributed by atoms with Crippen LogP contribution in [0.3, 0.4) is 0 Å². The molecular weight excluding hydrogens is 254 g/mol. The highest BCUT2D eigenvalue weighted by Gasteiger charge is 2.18. The Hall–Kier alpha value is -0.570. The minimum absolute atomic E-state index is 0.0139. The molecule has 84 valence electrons. The third-order valence-corrected chi connectivity index (χ3v) is 3.09. The van der Waals surface area contributed by atoms with E-state index in [-0.39, 0.29) is 11.0 Å². The van der Waals surface area contributed by atoms with E-state index in [1.54, 1.807) is 0 Å². The molecule has 0 unspecified atom stereocenters. The highest BCUT2D eigenvalue weighted by atomic mass is 79.9. The molecule has 0 aliphatic carbocycles. The molecule has 1 aromatic rings. The Kier molecular flexibility index (Phi) is 3.77. The van der Waals surface area contributed by atoms with E-state index in [1.165, 1.54) is 0 Å². The van der Waals surface area contributed by atoms with Gasteiger partial charge >= 0.3 is 0 Å². The zero-order valence-corrected chi connectivity index (χ0v) is 11.4. The van der Waals surface area contributed by atoms with Crippen LogP contribution in [0.25, 0.3) is 0 Å². The molecule has 0 N–H and O–H groups in total. The van der Waals surface area contributed by atoms with Crippen molar-refractivity contribution >= 4 is 15.9 Å². The second-order valence-corrected chi connectivity index (χ2v) is 5.24. The lowest BCUT2D eigenvalue weighted by Gasteiger charge is -2.24. The molecule has 0 amide bonds. The fourth-order valence-electron chi connectivity index (χ4n) is 1.69. The predicted octanol–water partition coefficient (Wildman–Crippen LogP) is 3.06. The molecule has 0 atom stereocenters. The lowest BCUT2D eigenvalue weighted by atomic mass is 9.91. The SMILES string of the molecule is CCn1c(C(C)(C)C)ccc(CBr)c1=O. The first kappa shape index (κ1) is 12.5. The number of pyridine rings is 1. The van der Waals surface area contributed by atoms with Gasteiger partial charge in [0.1, 0.15) is 0 Å². The quantitative estimate of drug-likeness (QED) is 0.758. The number of hydrogen-bond acceptors (Lipinski definition) is 1. The minimum atomic E-state index is 0.0139. The second-order valence-electron chi connectivity index (χ2n) is 4.68. The van der Waals surface area contributed by atoms with Crippen molar-refractivity contribution < 1.29 is 0 Å². The molecule has 0 saturated carbocycles. The topological polar surface area (TPSA) is 22.0 Å². The van der Waals surface area contributed by atoms with Crippen LogP contribution in [0, 0.1) is 0 Å². The molecule has 1 aromatic heterocycles. The number of halogens is 1. The fourth-order valence-corrected chi connectivity index (χ4v) is 2.12. The minimum Gasteiger partial charge on any atom is -0.312 e. The van der Waals surface area contributed by atoms with Crippen molar-refractivity contribution in [3.8, 4) is 0 Å². The molecule has 0 aromatic carbocycles. The fraction of sp³-hybridized carbons (Fsp3) is 0.583. The van der Waals surface area contributed by atoms with Gasteiger partial charge in [0.15, 0.2) is 0 Å². The largest absolute Gasteiger partial charge is 0.312 e. The smallest absolute Gasteiger partial charge is 0.254 e. The number of alkyl halides is 1. The predicted molar refractivity (Wildman–Crippen MR) is 67.7 cm³/mol. The van der Waals surface area contributed by atoms with Crippen LogP contribution in [0.5, 0.6) is 0 Å². The van der Waals surface area contributed by atoms with Gasteiger partial charge in [-0.05, 0) is 13.0 Å². The third kappa shape index (κ3) is 2.51. The summed E-state index contributed by atoms with van der Waals surface area (Å²) in [5, 5.41) is 0.621. The van der Waals surface area contributed by atoms with Gasteiger partial charge in [-0.1, -0.05) is 42.8 Å². The Morgan fingerprint density at radius 2 is 1.93 bits per heavy atom. The summed E-state index contributed by atoms with van der Waals surface area (Å²) in [5.41, 5.74) is 2.06. The average molecular weight is 272 g/mol. The summed E-state index contributed by atoms with van der Waals surface area (Å²) in [6.07, 6.45) is 0. The summed E-state index contributed by atoms with van der Waals surface area (Å²) in [7, 11) is 0. The molecule has 0 bridgehead atoms. The van der Waals surface area contributed by atoms with E-state index < -0.39 is 0 Å². The molecule has 0 saturated heterocycles. The molecule has 1 heterocycles. The average Bonchev–Trinajstić information content (AvgIpc) is 2.15. The van der Waals surface area contributed by atoms with Gasteiger partial charge in [-0.25, -0.2) is 0 Å². The lowest BCUT2D eigenvalue weighted by molar-refractivity contribution is 0.509. The van der Waals surface area contributed by atoms with Crippen molar-refractivity contribution in [3.05, 3.63) is 33.7 Å². The summed E-state index contributed by atoms with van der Waals surface area (Å²) in [4.78, 5) is 12.0. The molecule has 1 rings (SSSR count). The van der Waals surface area contributed by atoms with Crippen LogP contribution < -0.4 is 5.56 Å². The van der Waals surface area contributed by atoms with E-state index in [1.807, 2.05) is 17.6 Å². The van der Waals surface area contributed by atoms with Crippen molar-refractivity contribution in [2.75, 3.05) is 0 Å². The monoisotopic (exact) mass is 271 g/mol. The van der Waals surface area contributed by atoms with Gasteiger partial charge in [-0.2, -0.15) is 0 Å². The first-order valence-electron chi connectivity index (χ1n) is 5.21. The van der Waals surface area contributed by atoms with Gasteiger partial charge in [0, 0.05) is 28.5 Å². The maximum atomic E-state index is 12.0. The zero-order chi connectivity index (χ0) is 11.6. The van der Waals surface area contributed by atoms with Crippen molar-refractivity contribution in [3.63, 3.8) is 0 Å². The first-order valence-corrected chi connectivity index (χ1v) is 6.33. The van der Waals surface area contributed by atoms with E-state index >= 15 is 0 Å². The van der Waals surface area contributed by atoms with Crippen molar-refractivity contribution in [1.82, 2.24) is 4.57 Å². The Bertz CT molecular complexity index is 401. The van der Waals surface area contributed by atoms with Crippen LogP contribution in [-0.2, 0) is 17.3 Å². The highest BCUT2D eigenvalue weighted by Crippen LogP contribution is 2.21. The highest BCUT2D eigenvalue weighted by molar-refractivity contribution is 9.08. The summed E-state index contributed by atoms with van der Waals surface area (Å²) in [6.45, 7) is 9.12. The van der Waals surface area contributed by atoms with E-state index in [2.05, 4.69) is 42.8 Å². The van der Waals surface area contributed by atoms with Crippen molar-refractivity contribution in [1.29, 1.82) is 0 Å². The van der Waals surface area contributed by atoms with Crippen molar-refractivity contribution in [2.45, 2.75) is 45.0 Å². The lowest BCUT2D eigenvalue weighted by Crippen LogP contribution is -2.30. The summed E-state index contributed by atoms with van der Waals surface area (Å²) in [5.74, 6) is 0. The molecular formula is C12H18BrNO. The number of nitrogens with zero attached hydrogens (tertiary/aromatic N) is 1. The summed E-state index contributed by atoms with van der Waals surface area (Å²) in [6, 6.07) is 3.98. The van der Waals surface area contributed by atoms with Gasteiger partial charge in [-0.3, -0.25) is 4.79 Å². The van der Waals surface area contributed by atoms with Gasteiger partial charge < -0.3 is 4.57 Å². The summed E-state index contributed by atoms with van der Waals surface area (Å²) >= 11 is 3.33. The van der Waals surface area contributed by atoms with Crippen LogP contribution in [0.4, 0.5) is 0 Å². The molecule has 2 nitrogen and oxygen atoms in total. The third-order valence-electron chi connectivity index (χ3n) is 2.48. The normalized spacial score (nSPS) is 11.8. The Balaban J connectivity index is 3.45. The van der Waals surface area contributed by atoms with Crippen LogP contribution in [0.1, 0.15) is 39.0 Å². The van der Waals surface area contributed by atoms with Crippen molar-refractivity contribution in [2.24, 2.45) is 0 Å². The van der Waals surface area contributed by atoms with Crippen LogP contribution >= 0.6 is 15.9 Å². The molecule has 3 heteroatoms. The number of aromatic nitrogens is 1. The number of hydrogen-bond donors (Lipinski definition) is 0. The van der Waals surface area contributed by atoms with E-state index in [9.17, 15) is 4.79 Å².